The zero-order valence-corrected chi connectivity index (χ0v) is 12.0. The number of nitrogens with zero attached hydrogens (tertiary/aromatic N) is 1. The fourth-order valence-electron chi connectivity index (χ4n) is 2.44. The number of amides is 1. The van der Waals surface area contributed by atoms with Crippen LogP contribution in [-0.2, 0) is 0 Å². The number of nitrogens with two attached hydrogens (primary N) is 1. The second-order valence-corrected chi connectivity index (χ2v) is 5.32. The SMILES string of the molecule is CCN(c1ccc(C(N)=O)c(Br)c1)C1CCNC1. The van der Waals surface area contributed by atoms with E-state index in [1.165, 1.54) is 0 Å². The molecule has 98 valence electrons. The van der Waals surface area contributed by atoms with Crippen molar-refractivity contribution in [2.75, 3.05) is 24.5 Å². The molecule has 0 radical (unpaired) electrons. The topological polar surface area (TPSA) is 58.4 Å². The minimum absolute atomic E-state index is 0.404. The zero-order chi connectivity index (χ0) is 13.1. The highest BCUT2D eigenvalue weighted by Gasteiger charge is 2.22. The Kier molecular flexibility index (Phi) is 4.24. The molecule has 1 amide bonds. The van der Waals surface area contributed by atoms with Crippen LogP contribution in [0.4, 0.5) is 5.69 Å². The van der Waals surface area contributed by atoms with E-state index in [2.05, 4.69) is 33.1 Å². The minimum Gasteiger partial charge on any atom is -0.367 e. The van der Waals surface area contributed by atoms with Crippen molar-refractivity contribution in [3.05, 3.63) is 28.2 Å². The molecule has 1 unspecified atom stereocenters. The molecule has 0 aromatic heterocycles. The molecular formula is C13H18BrN3O. The molecule has 1 saturated heterocycles. The lowest BCUT2D eigenvalue weighted by Crippen LogP contribution is -2.36. The highest BCUT2D eigenvalue weighted by atomic mass is 79.9. The number of likely N-dealkylation sites (N-methyl/N-ethyl adjacent to an activating group) is 1. The van der Waals surface area contributed by atoms with E-state index in [0.29, 0.717) is 11.6 Å². The first-order valence-corrected chi connectivity index (χ1v) is 6.99. The number of hydrogen-bond donors (Lipinski definition) is 2. The summed E-state index contributed by atoms with van der Waals surface area (Å²) in [5.74, 6) is -0.404. The Morgan fingerprint density at radius 2 is 2.39 bits per heavy atom. The van der Waals surface area contributed by atoms with E-state index in [9.17, 15) is 4.79 Å². The lowest BCUT2D eigenvalue weighted by Gasteiger charge is -2.29. The van der Waals surface area contributed by atoms with Crippen molar-refractivity contribution in [2.45, 2.75) is 19.4 Å². The summed E-state index contributed by atoms with van der Waals surface area (Å²) in [5, 5.41) is 3.37. The third-order valence-electron chi connectivity index (χ3n) is 3.37. The molecule has 1 aliphatic heterocycles. The molecule has 0 bridgehead atoms. The van der Waals surface area contributed by atoms with Crippen molar-refractivity contribution in [1.29, 1.82) is 0 Å². The number of halogens is 1. The van der Waals surface area contributed by atoms with Gasteiger partial charge in [0.15, 0.2) is 0 Å². The molecule has 5 heteroatoms. The number of rotatable bonds is 4. The third kappa shape index (κ3) is 2.67. The van der Waals surface area contributed by atoms with Crippen LogP contribution in [0.5, 0.6) is 0 Å². The van der Waals surface area contributed by atoms with Crippen LogP contribution in [0.3, 0.4) is 0 Å². The molecule has 0 aliphatic carbocycles. The van der Waals surface area contributed by atoms with Crippen LogP contribution in [0.2, 0.25) is 0 Å². The summed E-state index contributed by atoms with van der Waals surface area (Å²) < 4.78 is 0.761. The number of nitrogens with one attached hydrogen (secondary N) is 1. The van der Waals surface area contributed by atoms with Gasteiger partial charge in [0.1, 0.15) is 0 Å². The smallest absolute Gasteiger partial charge is 0.249 e. The fourth-order valence-corrected chi connectivity index (χ4v) is 3.00. The fraction of sp³-hybridized carbons (Fsp3) is 0.462. The monoisotopic (exact) mass is 311 g/mol. The molecule has 3 N–H and O–H groups in total. The van der Waals surface area contributed by atoms with Crippen LogP contribution in [0.15, 0.2) is 22.7 Å². The van der Waals surface area contributed by atoms with Crippen molar-refractivity contribution < 1.29 is 4.79 Å². The Labute approximate surface area is 116 Å². The van der Waals surface area contributed by atoms with Crippen LogP contribution in [0.25, 0.3) is 0 Å². The van der Waals surface area contributed by atoms with E-state index in [-0.39, 0.29) is 0 Å². The Bertz CT molecular complexity index is 444. The molecule has 1 atom stereocenters. The van der Waals surface area contributed by atoms with E-state index >= 15 is 0 Å². The molecular weight excluding hydrogens is 294 g/mol. The zero-order valence-electron chi connectivity index (χ0n) is 10.4. The van der Waals surface area contributed by atoms with E-state index in [1.54, 1.807) is 6.07 Å². The van der Waals surface area contributed by atoms with Gasteiger partial charge in [-0.3, -0.25) is 4.79 Å². The molecule has 18 heavy (non-hydrogen) atoms. The summed E-state index contributed by atoms with van der Waals surface area (Å²) in [6.07, 6.45) is 1.16. The quantitative estimate of drug-likeness (QED) is 0.890. The maximum atomic E-state index is 11.2. The molecule has 0 spiro atoms. The first-order valence-electron chi connectivity index (χ1n) is 6.20. The van der Waals surface area contributed by atoms with Gasteiger partial charge < -0.3 is 16.0 Å². The van der Waals surface area contributed by atoms with Crippen molar-refractivity contribution >= 4 is 27.5 Å². The summed E-state index contributed by atoms with van der Waals surface area (Å²) in [6.45, 7) is 5.19. The third-order valence-corrected chi connectivity index (χ3v) is 4.02. The maximum Gasteiger partial charge on any atom is 0.249 e. The minimum atomic E-state index is -0.404. The van der Waals surface area contributed by atoms with Gasteiger partial charge in [0, 0.05) is 29.3 Å². The lowest BCUT2D eigenvalue weighted by atomic mass is 10.1. The van der Waals surface area contributed by atoms with Crippen LogP contribution in [-0.4, -0.2) is 31.6 Å². The van der Waals surface area contributed by atoms with Crippen LogP contribution in [0.1, 0.15) is 23.7 Å². The molecule has 4 nitrogen and oxygen atoms in total. The van der Waals surface area contributed by atoms with Crippen molar-refractivity contribution in [1.82, 2.24) is 5.32 Å². The van der Waals surface area contributed by atoms with E-state index in [0.717, 1.165) is 36.2 Å². The predicted molar refractivity (Wildman–Crippen MR) is 77.0 cm³/mol. The van der Waals surface area contributed by atoms with E-state index < -0.39 is 5.91 Å². The van der Waals surface area contributed by atoms with Crippen molar-refractivity contribution in [3.63, 3.8) is 0 Å². The average Bonchev–Trinajstić information content (AvgIpc) is 2.83. The summed E-state index contributed by atoms with van der Waals surface area (Å²) in [7, 11) is 0. The first kappa shape index (κ1) is 13.4. The molecule has 1 heterocycles. The van der Waals surface area contributed by atoms with Gasteiger partial charge in [-0.1, -0.05) is 0 Å². The number of primary amides is 1. The molecule has 2 rings (SSSR count). The van der Waals surface area contributed by atoms with Gasteiger partial charge in [-0.15, -0.1) is 0 Å². The standard InChI is InChI=1S/C13H18BrN3O/c1-2-17(10-5-6-16-8-10)9-3-4-11(13(15)18)12(14)7-9/h3-4,7,10,16H,2,5-6,8H2,1H3,(H2,15,18). The van der Waals surface area contributed by atoms with Crippen molar-refractivity contribution in [3.8, 4) is 0 Å². The van der Waals surface area contributed by atoms with Gasteiger partial charge in [-0.05, 0) is 54.0 Å². The molecule has 1 fully saturated rings. The average molecular weight is 312 g/mol. The largest absolute Gasteiger partial charge is 0.367 e. The number of benzene rings is 1. The number of hydrogen-bond acceptors (Lipinski definition) is 3. The van der Waals surface area contributed by atoms with Crippen LogP contribution >= 0.6 is 15.9 Å². The van der Waals surface area contributed by atoms with Crippen LogP contribution < -0.4 is 16.0 Å². The van der Waals surface area contributed by atoms with E-state index in [1.807, 2.05) is 12.1 Å². The van der Waals surface area contributed by atoms with Gasteiger partial charge in [0.2, 0.25) is 5.91 Å². The highest BCUT2D eigenvalue weighted by Crippen LogP contribution is 2.26. The predicted octanol–water partition coefficient (Wildman–Crippen LogP) is 1.74. The lowest BCUT2D eigenvalue weighted by molar-refractivity contribution is 0.0999. The summed E-state index contributed by atoms with van der Waals surface area (Å²) >= 11 is 3.41. The number of carbonyl (C=O) groups is 1. The Balaban J connectivity index is 2.26. The molecule has 1 aliphatic rings. The Hall–Kier alpha value is -1.07. The van der Waals surface area contributed by atoms with Crippen molar-refractivity contribution in [2.24, 2.45) is 5.73 Å². The normalized spacial score (nSPS) is 18.9. The number of anilines is 1. The molecule has 0 saturated carbocycles. The molecule has 1 aromatic rings. The molecule has 1 aromatic carbocycles. The second kappa shape index (κ2) is 5.71. The first-order chi connectivity index (χ1) is 8.63. The second-order valence-electron chi connectivity index (χ2n) is 4.46. The summed E-state index contributed by atoms with van der Waals surface area (Å²) in [4.78, 5) is 13.6. The van der Waals surface area contributed by atoms with Gasteiger partial charge in [0.25, 0.3) is 0 Å². The maximum absolute atomic E-state index is 11.2. The van der Waals surface area contributed by atoms with Gasteiger partial charge in [-0.2, -0.15) is 0 Å². The van der Waals surface area contributed by atoms with E-state index in [4.69, 9.17) is 5.73 Å². The summed E-state index contributed by atoms with van der Waals surface area (Å²) in [5.41, 5.74) is 6.96. The van der Waals surface area contributed by atoms with Gasteiger partial charge >= 0.3 is 0 Å². The number of carbonyl (C=O) groups excluding carboxylic acids is 1. The summed E-state index contributed by atoms with van der Waals surface area (Å²) in [6, 6.07) is 6.25. The Morgan fingerprint density at radius 1 is 1.61 bits per heavy atom. The van der Waals surface area contributed by atoms with Gasteiger partial charge in [0.05, 0.1) is 5.56 Å². The van der Waals surface area contributed by atoms with Gasteiger partial charge in [-0.25, -0.2) is 0 Å². The highest BCUT2D eigenvalue weighted by molar-refractivity contribution is 9.10. The van der Waals surface area contributed by atoms with Crippen LogP contribution in [0, 0.1) is 0 Å². The Morgan fingerprint density at radius 3 is 2.89 bits per heavy atom.